The normalized spacial score (nSPS) is 20.6. The fraction of sp³-hybridized carbons (Fsp3) is 0.474. The van der Waals surface area contributed by atoms with E-state index in [-0.39, 0.29) is 12.1 Å². The number of thiocarbonyl (C=S) groups is 1. The Bertz CT molecular complexity index is 710. The molecule has 2 aromatic rings. The number of aromatic nitrogens is 2. The Labute approximate surface area is 155 Å². The maximum Gasteiger partial charge on any atom is 0.170 e. The first kappa shape index (κ1) is 17.9. The lowest BCUT2D eigenvalue weighted by Gasteiger charge is -2.28. The van der Waals surface area contributed by atoms with Crippen molar-refractivity contribution in [1.29, 1.82) is 0 Å². The number of pyridine rings is 1. The Kier molecular flexibility index (Phi) is 5.39. The quantitative estimate of drug-likeness (QED) is 0.804. The molecule has 0 bridgehead atoms. The van der Waals surface area contributed by atoms with E-state index in [1.54, 1.807) is 0 Å². The van der Waals surface area contributed by atoms with E-state index in [2.05, 4.69) is 77.1 Å². The summed E-state index contributed by atoms with van der Waals surface area (Å²) in [4.78, 5) is 9.06. The van der Waals surface area contributed by atoms with Crippen molar-refractivity contribution < 1.29 is 0 Å². The fourth-order valence-corrected chi connectivity index (χ4v) is 3.58. The van der Waals surface area contributed by atoms with Crippen molar-refractivity contribution in [3.63, 3.8) is 0 Å². The van der Waals surface area contributed by atoms with Gasteiger partial charge in [-0.25, -0.2) is 0 Å². The summed E-state index contributed by atoms with van der Waals surface area (Å²) in [6.45, 7) is 6.24. The van der Waals surface area contributed by atoms with Crippen LogP contribution in [0.15, 0.2) is 42.9 Å². The van der Waals surface area contributed by atoms with Gasteiger partial charge in [0.25, 0.3) is 0 Å². The highest BCUT2D eigenvalue weighted by Gasteiger charge is 2.39. The third kappa shape index (κ3) is 3.85. The Morgan fingerprint density at radius 2 is 2.08 bits per heavy atom. The molecule has 0 saturated carbocycles. The lowest BCUT2D eigenvalue weighted by Crippen LogP contribution is -2.35. The molecule has 0 aliphatic carbocycles. The number of nitrogens with one attached hydrogen (secondary N) is 1. The zero-order valence-corrected chi connectivity index (χ0v) is 16.2. The van der Waals surface area contributed by atoms with E-state index in [0.717, 1.165) is 23.9 Å². The molecule has 3 heterocycles. The molecule has 0 aromatic carbocycles. The largest absolute Gasteiger partial charge is 0.352 e. The molecule has 1 aliphatic rings. The highest BCUT2D eigenvalue weighted by molar-refractivity contribution is 7.80. The second kappa shape index (κ2) is 7.54. The van der Waals surface area contributed by atoms with Gasteiger partial charge < -0.3 is 19.7 Å². The van der Waals surface area contributed by atoms with Crippen molar-refractivity contribution in [3.8, 4) is 0 Å². The SMILES string of the molecule is CC(C)n1ccc([C@H]2[C@H](c3ccccn3)NC(=S)N2CCN(C)C)c1. The molecule has 0 unspecified atom stereocenters. The van der Waals surface area contributed by atoms with E-state index in [1.807, 2.05) is 18.3 Å². The molecular formula is C19H27N5S. The van der Waals surface area contributed by atoms with Gasteiger partial charge in [-0.3, -0.25) is 4.98 Å². The van der Waals surface area contributed by atoms with Crippen LogP contribution in [-0.2, 0) is 0 Å². The van der Waals surface area contributed by atoms with Crippen LogP contribution in [0.25, 0.3) is 0 Å². The third-order valence-electron chi connectivity index (χ3n) is 4.66. The predicted molar refractivity (Wildman–Crippen MR) is 106 cm³/mol. The van der Waals surface area contributed by atoms with Crippen molar-refractivity contribution in [2.45, 2.75) is 32.0 Å². The molecule has 2 atom stereocenters. The van der Waals surface area contributed by atoms with Crippen LogP contribution < -0.4 is 5.32 Å². The molecule has 0 spiro atoms. The minimum Gasteiger partial charge on any atom is -0.352 e. The molecule has 1 fully saturated rings. The van der Waals surface area contributed by atoms with Crippen LogP contribution in [0.4, 0.5) is 0 Å². The summed E-state index contributed by atoms with van der Waals surface area (Å²) in [5, 5.41) is 4.30. The Hall–Kier alpha value is -1.92. The summed E-state index contributed by atoms with van der Waals surface area (Å²) >= 11 is 5.67. The van der Waals surface area contributed by atoms with E-state index in [9.17, 15) is 0 Å². The lowest BCUT2D eigenvalue weighted by molar-refractivity contribution is 0.277. The molecule has 1 aliphatic heterocycles. The summed E-state index contributed by atoms with van der Waals surface area (Å²) in [5.41, 5.74) is 2.30. The van der Waals surface area contributed by atoms with E-state index in [1.165, 1.54) is 5.56 Å². The monoisotopic (exact) mass is 357 g/mol. The summed E-state index contributed by atoms with van der Waals surface area (Å²) in [6, 6.07) is 8.93. The Balaban J connectivity index is 1.95. The minimum atomic E-state index is 0.0684. The summed E-state index contributed by atoms with van der Waals surface area (Å²) in [6.07, 6.45) is 6.24. The second-order valence-electron chi connectivity index (χ2n) is 7.11. The highest BCUT2D eigenvalue weighted by Crippen LogP contribution is 2.38. The van der Waals surface area contributed by atoms with Crippen LogP contribution in [0.2, 0.25) is 0 Å². The van der Waals surface area contributed by atoms with Crippen LogP contribution in [0, 0.1) is 0 Å². The smallest absolute Gasteiger partial charge is 0.170 e. The van der Waals surface area contributed by atoms with Crippen LogP contribution in [0.1, 0.15) is 43.2 Å². The van der Waals surface area contributed by atoms with Crippen LogP contribution >= 0.6 is 12.2 Å². The first-order chi connectivity index (χ1) is 12.0. The van der Waals surface area contributed by atoms with Gasteiger partial charge in [0.15, 0.2) is 5.11 Å². The lowest BCUT2D eigenvalue weighted by atomic mass is 9.99. The molecule has 2 aromatic heterocycles. The number of nitrogens with zero attached hydrogens (tertiary/aromatic N) is 4. The molecule has 1 saturated heterocycles. The van der Waals surface area contributed by atoms with Gasteiger partial charge in [-0.05, 0) is 63.9 Å². The van der Waals surface area contributed by atoms with Crippen LogP contribution in [-0.4, -0.2) is 51.6 Å². The van der Waals surface area contributed by atoms with Crippen molar-refractivity contribution in [2.75, 3.05) is 27.2 Å². The van der Waals surface area contributed by atoms with Gasteiger partial charge in [-0.15, -0.1) is 0 Å². The topological polar surface area (TPSA) is 36.3 Å². The zero-order chi connectivity index (χ0) is 18.0. The first-order valence-electron chi connectivity index (χ1n) is 8.77. The summed E-state index contributed by atoms with van der Waals surface area (Å²) in [5.74, 6) is 0. The van der Waals surface area contributed by atoms with E-state index >= 15 is 0 Å². The minimum absolute atomic E-state index is 0.0684. The standard InChI is InChI=1S/C19H27N5S/c1-14(2)23-10-8-15(13-23)18-17(16-7-5-6-9-20-16)21-19(25)24(18)12-11-22(3)4/h5-10,13-14,17-18H,11-12H2,1-4H3,(H,21,25)/t17-,18-/m0/s1. The zero-order valence-electron chi connectivity index (χ0n) is 15.4. The maximum atomic E-state index is 5.67. The molecule has 5 nitrogen and oxygen atoms in total. The molecule has 6 heteroatoms. The molecule has 0 amide bonds. The summed E-state index contributed by atoms with van der Waals surface area (Å²) < 4.78 is 2.25. The molecule has 0 radical (unpaired) electrons. The first-order valence-corrected chi connectivity index (χ1v) is 9.18. The van der Waals surface area contributed by atoms with Gasteiger partial charge >= 0.3 is 0 Å². The van der Waals surface area contributed by atoms with Crippen molar-refractivity contribution in [3.05, 3.63) is 54.1 Å². The van der Waals surface area contributed by atoms with Crippen molar-refractivity contribution in [1.82, 2.24) is 24.7 Å². The average molecular weight is 358 g/mol. The van der Waals surface area contributed by atoms with Crippen molar-refractivity contribution in [2.24, 2.45) is 0 Å². The predicted octanol–water partition coefficient (Wildman–Crippen LogP) is 3.00. The highest BCUT2D eigenvalue weighted by atomic mass is 32.1. The second-order valence-corrected chi connectivity index (χ2v) is 7.50. The molecule has 25 heavy (non-hydrogen) atoms. The van der Waals surface area contributed by atoms with Gasteiger partial charge in [0, 0.05) is 37.7 Å². The fourth-order valence-electron chi connectivity index (χ4n) is 3.24. The number of rotatable bonds is 6. The Morgan fingerprint density at radius 3 is 2.68 bits per heavy atom. The molecule has 134 valence electrons. The average Bonchev–Trinajstić information content (AvgIpc) is 3.18. The number of hydrogen-bond donors (Lipinski definition) is 1. The molecule has 3 rings (SSSR count). The summed E-state index contributed by atoms with van der Waals surface area (Å²) in [7, 11) is 4.18. The molecular weight excluding hydrogens is 330 g/mol. The van der Waals surface area contributed by atoms with Crippen LogP contribution in [0.3, 0.4) is 0 Å². The maximum absolute atomic E-state index is 5.67. The van der Waals surface area contributed by atoms with Gasteiger partial charge in [-0.1, -0.05) is 6.07 Å². The van der Waals surface area contributed by atoms with Gasteiger partial charge in [0.05, 0.1) is 17.8 Å². The molecule has 1 N–H and O–H groups in total. The van der Waals surface area contributed by atoms with Gasteiger partial charge in [-0.2, -0.15) is 0 Å². The number of likely N-dealkylation sites (N-methyl/N-ethyl adjacent to an activating group) is 1. The van der Waals surface area contributed by atoms with Gasteiger partial charge in [0.2, 0.25) is 0 Å². The van der Waals surface area contributed by atoms with E-state index < -0.39 is 0 Å². The van der Waals surface area contributed by atoms with E-state index in [0.29, 0.717) is 6.04 Å². The van der Waals surface area contributed by atoms with Crippen LogP contribution in [0.5, 0.6) is 0 Å². The van der Waals surface area contributed by atoms with Gasteiger partial charge in [0.1, 0.15) is 0 Å². The van der Waals surface area contributed by atoms with Crippen molar-refractivity contribution >= 4 is 17.3 Å². The Morgan fingerprint density at radius 1 is 1.28 bits per heavy atom. The van der Waals surface area contributed by atoms with E-state index in [4.69, 9.17) is 12.2 Å². The third-order valence-corrected chi connectivity index (χ3v) is 5.01. The number of hydrogen-bond acceptors (Lipinski definition) is 3.